The van der Waals surface area contributed by atoms with Crippen molar-refractivity contribution in [1.82, 2.24) is 10.2 Å². The molecule has 1 aromatic carbocycles. The van der Waals surface area contributed by atoms with Gasteiger partial charge in [-0.1, -0.05) is 12.1 Å². The predicted molar refractivity (Wildman–Crippen MR) is 94.0 cm³/mol. The first-order chi connectivity index (χ1) is 12.2. The smallest absolute Gasteiger partial charge is 0.316 e. The van der Waals surface area contributed by atoms with Crippen LogP contribution in [0.3, 0.4) is 0 Å². The minimum absolute atomic E-state index is 0.0461. The Morgan fingerprint density at radius 1 is 1.31 bits per heavy atom. The lowest BCUT2D eigenvalue weighted by atomic mass is 10.1. The standard InChI is InChI=1S/C16H21N3O6S/c1-25-8-7-19(11-6-9-26(23,24)10-11)16(22)15(21)18-14(20)12-4-2-3-5-13(12)17/h2-5,11H,6-10,17H2,1H3,(H,18,20,21). The molecule has 1 aromatic rings. The molecule has 0 aromatic heterocycles. The number of carbonyl (C=O) groups excluding carboxylic acids is 3. The maximum absolute atomic E-state index is 12.5. The molecular weight excluding hydrogens is 362 g/mol. The van der Waals surface area contributed by atoms with Crippen molar-refractivity contribution < 1.29 is 27.5 Å². The highest BCUT2D eigenvalue weighted by Crippen LogP contribution is 2.18. The zero-order valence-corrected chi connectivity index (χ0v) is 15.1. The molecule has 0 aliphatic carbocycles. The minimum Gasteiger partial charge on any atom is -0.398 e. The number of imide groups is 1. The molecule has 1 saturated heterocycles. The third-order valence-electron chi connectivity index (χ3n) is 4.07. The van der Waals surface area contributed by atoms with E-state index in [0.29, 0.717) is 0 Å². The van der Waals surface area contributed by atoms with Crippen molar-refractivity contribution in [1.29, 1.82) is 0 Å². The van der Waals surface area contributed by atoms with Crippen LogP contribution in [0.1, 0.15) is 16.8 Å². The van der Waals surface area contributed by atoms with Crippen LogP contribution in [0, 0.1) is 0 Å². The number of hydrogen-bond acceptors (Lipinski definition) is 7. The van der Waals surface area contributed by atoms with Gasteiger partial charge in [-0.05, 0) is 18.6 Å². The van der Waals surface area contributed by atoms with Gasteiger partial charge >= 0.3 is 11.8 Å². The summed E-state index contributed by atoms with van der Waals surface area (Å²) in [4.78, 5) is 38.0. The number of para-hydroxylation sites is 1. The molecule has 1 unspecified atom stereocenters. The lowest BCUT2D eigenvalue weighted by Crippen LogP contribution is -2.50. The van der Waals surface area contributed by atoms with Crippen molar-refractivity contribution in [2.75, 3.05) is 37.5 Å². The lowest BCUT2D eigenvalue weighted by molar-refractivity contribution is -0.147. The van der Waals surface area contributed by atoms with E-state index in [1.165, 1.54) is 19.2 Å². The van der Waals surface area contributed by atoms with Crippen molar-refractivity contribution in [3.05, 3.63) is 29.8 Å². The molecule has 1 atom stereocenters. The van der Waals surface area contributed by atoms with Crippen molar-refractivity contribution in [2.24, 2.45) is 0 Å². The fraction of sp³-hybridized carbons (Fsp3) is 0.438. The van der Waals surface area contributed by atoms with E-state index >= 15 is 0 Å². The highest BCUT2D eigenvalue weighted by molar-refractivity contribution is 7.91. The van der Waals surface area contributed by atoms with Crippen molar-refractivity contribution in [3.8, 4) is 0 Å². The number of sulfone groups is 1. The zero-order valence-electron chi connectivity index (χ0n) is 14.3. The summed E-state index contributed by atoms with van der Waals surface area (Å²) in [6.07, 6.45) is 0.241. The molecular formula is C16H21N3O6S. The largest absolute Gasteiger partial charge is 0.398 e. The Morgan fingerprint density at radius 2 is 2.00 bits per heavy atom. The normalized spacial score (nSPS) is 18.3. The van der Waals surface area contributed by atoms with Crippen LogP contribution in [0.25, 0.3) is 0 Å². The number of nitrogens with one attached hydrogen (secondary N) is 1. The van der Waals surface area contributed by atoms with Gasteiger partial charge in [0.1, 0.15) is 0 Å². The SMILES string of the molecule is COCCN(C(=O)C(=O)NC(=O)c1ccccc1N)C1CCS(=O)(=O)C1. The first kappa shape index (κ1) is 19.9. The molecule has 1 aliphatic rings. The van der Waals surface area contributed by atoms with Crippen molar-refractivity contribution >= 4 is 33.2 Å². The highest BCUT2D eigenvalue weighted by Gasteiger charge is 2.37. The van der Waals surface area contributed by atoms with Crippen LogP contribution in [0.4, 0.5) is 5.69 Å². The third kappa shape index (κ3) is 4.79. The number of anilines is 1. The molecule has 0 radical (unpaired) electrons. The van der Waals surface area contributed by atoms with Crippen LogP contribution in [0.2, 0.25) is 0 Å². The van der Waals surface area contributed by atoms with Crippen molar-refractivity contribution in [2.45, 2.75) is 12.5 Å². The van der Waals surface area contributed by atoms with Gasteiger partial charge in [0.25, 0.3) is 5.91 Å². The number of ether oxygens (including phenoxy) is 1. The van der Waals surface area contributed by atoms with E-state index in [1.54, 1.807) is 12.1 Å². The van der Waals surface area contributed by atoms with Gasteiger partial charge in [-0.3, -0.25) is 19.7 Å². The average molecular weight is 383 g/mol. The molecule has 3 N–H and O–H groups in total. The fourth-order valence-electron chi connectivity index (χ4n) is 2.72. The van der Waals surface area contributed by atoms with Gasteiger partial charge in [0.05, 0.1) is 23.7 Å². The van der Waals surface area contributed by atoms with E-state index in [1.807, 2.05) is 5.32 Å². The van der Waals surface area contributed by atoms with Gasteiger partial charge in [0.2, 0.25) is 0 Å². The highest BCUT2D eigenvalue weighted by atomic mass is 32.2. The van der Waals surface area contributed by atoms with E-state index in [2.05, 4.69) is 0 Å². The Bertz CT molecular complexity index is 808. The van der Waals surface area contributed by atoms with Crippen LogP contribution in [-0.2, 0) is 24.2 Å². The van der Waals surface area contributed by atoms with Crippen LogP contribution in [-0.4, -0.2) is 68.8 Å². The van der Waals surface area contributed by atoms with Crippen LogP contribution < -0.4 is 11.1 Å². The molecule has 0 bridgehead atoms. The second-order valence-electron chi connectivity index (χ2n) is 5.92. The number of nitrogens with two attached hydrogens (primary N) is 1. The number of benzene rings is 1. The van der Waals surface area contributed by atoms with E-state index in [0.717, 1.165) is 4.90 Å². The van der Waals surface area contributed by atoms with Gasteiger partial charge in [-0.2, -0.15) is 0 Å². The zero-order chi connectivity index (χ0) is 19.3. The van der Waals surface area contributed by atoms with Gasteiger partial charge in [-0.25, -0.2) is 8.42 Å². The van der Waals surface area contributed by atoms with E-state index < -0.39 is 33.6 Å². The summed E-state index contributed by atoms with van der Waals surface area (Å²) in [5.41, 5.74) is 5.92. The number of rotatable bonds is 5. The second kappa shape index (κ2) is 8.28. The predicted octanol–water partition coefficient (Wildman–Crippen LogP) is -0.813. The fourth-order valence-corrected chi connectivity index (χ4v) is 4.45. The average Bonchev–Trinajstić information content (AvgIpc) is 2.95. The number of carbonyl (C=O) groups is 3. The quantitative estimate of drug-likeness (QED) is 0.501. The number of methoxy groups -OCH3 is 1. The molecule has 9 nitrogen and oxygen atoms in total. The monoisotopic (exact) mass is 383 g/mol. The minimum atomic E-state index is -3.25. The Balaban J connectivity index is 2.10. The summed E-state index contributed by atoms with van der Waals surface area (Å²) in [5.74, 6) is -3.18. The Kier molecular flexibility index (Phi) is 6.32. The summed E-state index contributed by atoms with van der Waals surface area (Å²) in [6, 6.07) is 5.51. The van der Waals surface area contributed by atoms with Gasteiger partial charge in [-0.15, -0.1) is 0 Å². The summed E-state index contributed by atoms with van der Waals surface area (Å²) in [6.45, 7) is 0.180. The first-order valence-corrected chi connectivity index (χ1v) is 9.77. The molecule has 0 saturated carbocycles. The Labute approximate surface area is 151 Å². The molecule has 0 spiro atoms. The van der Waals surface area contributed by atoms with Crippen LogP contribution >= 0.6 is 0 Å². The van der Waals surface area contributed by atoms with Gasteiger partial charge in [0, 0.05) is 25.4 Å². The third-order valence-corrected chi connectivity index (χ3v) is 5.82. The maximum atomic E-state index is 12.5. The molecule has 3 amide bonds. The molecule has 1 heterocycles. The van der Waals surface area contributed by atoms with Crippen molar-refractivity contribution in [3.63, 3.8) is 0 Å². The second-order valence-corrected chi connectivity index (χ2v) is 8.15. The molecule has 26 heavy (non-hydrogen) atoms. The van der Waals surface area contributed by atoms with Crippen LogP contribution in [0.15, 0.2) is 24.3 Å². The topological polar surface area (TPSA) is 136 Å². The van der Waals surface area contributed by atoms with E-state index in [4.69, 9.17) is 10.5 Å². The summed E-state index contributed by atoms with van der Waals surface area (Å²) in [7, 11) is -1.82. The lowest BCUT2D eigenvalue weighted by Gasteiger charge is -2.27. The molecule has 1 fully saturated rings. The van der Waals surface area contributed by atoms with E-state index in [9.17, 15) is 22.8 Å². The Morgan fingerprint density at radius 3 is 2.58 bits per heavy atom. The summed E-state index contributed by atoms with van der Waals surface area (Å²) >= 11 is 0. The summed E-state index contributed by atoms with van der Waals surface area (Å²) in [5, 5.41) is 2.00. The Hall–Kier alpha value is -2.46. The maximum Gasteiger partial charge on any atom is 0.316 e. The number of hydrogen-bond donors (Lipinski definition) is 2. The molecule has 1 aliphatic heterocycles. The number of nitrogen functional groups attached to an aromatic ring is 1. The first-order valence-electron chi connectivity index (χ1n) is 7.95. The molecule has 2 rings (SSSR count). The van der Waals surface area contributed by atoms with Gasteiger partial charge in [0.15, 0.2) is 9.84 Å². The number of amides is 3. The van der Waals surface area contributed by atoms with E-state index in [-0.39, 0.29) is 42.3 Å². The molecule has 10 heteroatoms. The van der Waals surface area contributed by atoms with Crippen LogP contribution in [0.5, 0.6) is 0 Å². The number of nitrogens with zero attached hydrogens (tertiary/aromatic N) is 1. The molecule has 142 valence electrons. The summed E-state index contributed by atoms with van der Waals surface area (Å²) < 4.78 is 28.3. The van der Waals surface area contributed by atoms with Gasteiger partial charge < -0.3 is 15.4 Å².